The molecule has 0 fully saturated rings. The minimum atomic E-state index is 0.734. The number of rotatable bonds is 5. The number of nitrogens with two attached hydrogens (primary N) is 3. The molecule has 134 valence electrons. The van der Waals surface area contributed by atoms with Crippen molar-refractivity contribution in [1.29, 1.82) is 0 Å². The van der Waals surface area contributed by atoms with Crippen LogP contribution in [0.25, 0.3) is 0 Å². The van der Waals surface area contributed by atoms with Crippen LogP contribution in [0.5, 0.6) is 0 Å². The number of nitrogens with zero attached hydrogens (tertiary/aromatic N) is 1. The molecule has 1 aromatic rings. The second kappa shape index (κ2) is 10.1. The molecule has 0 atom stereocenters. The summed E-state index contributed by atoms with van der Waals surface area (Å²) in [6, 6.07) is 7.77. The van der Waals surface area contributed by atoms with Crippen LogP contribution in [0.4, 0.5) is 11.4 Å². The van der Waals surface area contributed by atoms with E-state index in [4.69, 9.17) is 17.2 Å². The van der Waals surface area contributed by atoms with Crippen molar-refractivity contribution in [2.45, 2.75) is 33.6 Å². The molecule has 0 saturated heterocycles. The van der Waals surface area contributed by atoms with Crippen LogP contribution in [-0.2, 0) is 0 Å². The molecule has 1 aliphatic rings. The van der Waals surface area contributed by atoms with Crippen molar-refractivity contribution >= 4 is 11.4 Å². The van der Waals surface area contributed by atoms with Crippen LogP contribution in [0.3, 0.4) is 0 Å². The first-order valence-corrected chi connectivity index (χ1v) is 8.58. The van der Waals surface area contributed by atoms with Gasteiger partial charge in [0.05, 0.1) is 0 Å². The zero-order valence-corrected chi connectivity index (χ0v) is 15.5. The summed E-state index contributed by atoms with van der Waals surface area (Å²) in [6.07, 6.45) is 11.4. The zero-order valence-electron chi connectivity index (χ0n) is 15.5. The zero-order chi connectivity index (χ0) is 18.8. The summed E-state index contributed by atoms with van der Waals surface area (Å²) in [4.78, 5) is 2.15. The third kappa shape index (κ3) is 5.92. The van der Waals surface area contributed by atoms with E-state index in [0.717, 1.165) is 47.0 Å². The number of hydrogen-bond acceptors (Lipinski definition) is 4. The summed E-state index contributed by atoms with van der Waals surface area (Å²) in [6.45, 7) is 9.80. The highest BCUT2D eigenvalue weighted by molar-refractivity contribution is 5.64. The van der Waals surface area contributed by atoms with Crippen molar-refractivity contribution in [3.63, 3.8) is 0 Å². The summed E-state index contributed by atoms with van der Waals surface area (Å²) >= 11 is 0. The highest BCUT2D eigenvalue weighted by atomic mass is 15.2. The van der Waals surface area contributed by atoms with Crippen LogP contribution in [0.15, 0.2) is 84.0 Å². The highest BCUT2D eigenvalue weighted by Crippen LogP contribution is 2.30. The van der Waals surface area contributed by atoms with Crippen LogP contribution in [0.1, 0.15) is 33.6 Å². The van der Waals surface area contributed by atoms with Crippen LogP contribution in [0, 0.1) is 0 Å². The van der Waals surface area contributed by atoms with Crippen molar-refractivity contribution in [2.24, 2.45) is 11.5 Å². The smallest absolute Gasteiger partial charge is 0.0459 e. The first-order chi connectivity index (χ1) is 12.0. The van der Waals surface area contributed by atoms with E-state index in [1.54, 1.807) is 0 Å². The van der Waals surface area contributed by atoms with E-state index in [0.29, 0.717) is 0 Å². The van der Waals surface area contributed by atoms with Gasteiger partial charge in [0.25, 0.3) is 0 Å². The lowest BCUT2D eigenvalue weighted by atomic mass is 10.1. The number of hydrogen-bond donors (Lipinski definition) is 3. The van der Waals surface area contributed by atoms with Gasteiger partial charge in [-0.15, -0.1) is 0 Å². The van der Waals surface area contributed by atoms with E-state index in [9.17, 15) is 0 Å². The molecular formula is C21H30N4. The van der Waals surface area contributed by atoms with Crippen LogP contribution >= 0.6 is 0 Å². The average Bonchev–Trinajstić information content (AvgIpc) is 2.62. The Labute approximate surface area is 151 Å². The van der Waals surface area contributed by atoms with Gasteiger partial charge in [-0.2, -0.15) is 0 Å². The minimum absolute atomic E-state index is 0.734. The minimum Gasteiger partial charge on any atom is -0.402 e. The summed E-state index contributed by atoms with van der Waals surface area (Å²) in [7, 11) is 0. The molecule has 0 heterocycles. The molecule has 4 heteroatoms. The van der Waals surface area contributed by atoms with E-state index in [2.05, 4.69) is 11.5 Å². The Balaban J connectivity index is 0.00000151. The SMILES string of the molecule is C=C/C(=C\C=C(/C)N)N(C1=CC=C(N)CC1)c1ccc(N)cc1.CC. The topological polar surface area (TPSA) is 81.3 Å². The third-order valence-corrected chi connectivity index (χ3v) is 3.58. The summed E-state index contributed by atoms with van der Waals surface area (Å²) < 4.78 is 0. The highest BCUT2D eigenvalue weighted by Gasteiger charge is 2.16. The maximum absolute atomic E-state index is 5.88. The molecule has 2 rings (SSSR count). The Morgan fingerprint density at radius 3 is 2.16 bits per heavy atom. The van der Waals surface area contributed by atoms with Gasteiger partial charge in [-0.05, 0) is 74.4 Å². The van der Waals surface area contributed by atoms with Gasteiger partial charge in [-0.1, -0.05) is 20.4 Å². The van der Waals surface area contributed by atoms with Gasteiger partial charge in [-0.25, -0.2) is 0 Å². The standard InChI is InChI=1S/C19H24N4.C2H6/c1-3-17(9-4-14(2)20)23(18-10-5-15(21)6-11-18)19-12-7-16(22)8-13-19;1-2/h3-7,9-12H,1,8,13,20-22H2,2H3;1-2H3/b14-4+,17-9+;. The molecule has 0 spiro atoms. The molecule has 1 aliphatic carbocycles. The van der Waals surface area contributed by atoms with Gasteiger partial charge in [0.1, 0.15) is 0 Å². The molecule has 0 aliphatic heterocycles. The van der Waals surface area contributed by atoms with Gasteiger partial charge in [0, 0.05) is 34.2 Å². The fraction of sp³-hybridized carbons (Fsp3) is 0.238. The maximum Gasteiger partial charge on any atom is 0.0459 e. The molecule has 1 aromatic carbocycles. The number of allylic oxidation sites excluding steroid dienone is 8. The number of nitrogen functional groups attached to an aromatic ring is 1. The third-order valence-electron chi connectivity index (χ3n) is 3.58. The van der Waals surface area contributed by atoms with Gasteiger partial charge in [0.15, 0.2) is 0 Å². The van der Waals surface area contributed by atoms with E-state index < -0.39 is 0 Å². The van der Waals surface area contributed by atoms with Gasteiger partial charge in [0.2, 0.25) is 0 Å². The molecule has 0 bridgehead atoms. The van der Waals surface area contributed by atoms with Gasteiger partial charge >= 0.3 is 0 Å². The fourth-order valence-corrected chi connectivity index (χ4v) is 2.38. The van der Waals surface area contributed by atoms with Crippen LogP contribution < -0.4 is 22.1 Å². The summed E-state index contributed by atoms with van der Waals surface area (Å²) in [5, 5.41) is 0. The van der Waals surface area contributed by atoms with E-state index in [1.807, 2.05) is 75.4 Å². The molecule has 4 nitrogen and oxygen atoms in total. The Hall–Kier alpha value is -2.88. The molecule has 0 saturated carbocycles. The second-order valence-corrected chi connectivity index (χ2v) is 5.53. The molecule has 6 N–H and O–H groups in total. The van der Waals surface area contributed by atoms with Crippen LogP contribution in [0.2, 0.25) is 0 Å². The largest absolute Gasteiger partial charge is 0.402 e. The summed E-state index contributed by atoms with van der Waals surface area (Å²) in [5.74, 6) is 0. The molecule has 0 aromatic heterocycles. The van der Waals surface area contributed by atoms with E-state index >= 15 is 0 Å². The van der Waals surface area contributed by atoms with Crippen molar-refractivity contribution < 1.29 is 0 Å². The van der Waals surface area contributed by atoms with Gasteiger partial charge < -0.3 is 22.1 Å². The number of benzene rings is 1. The predicted octanol–water partition coefficient (Wildman–Crippen LogP) is 4.55. The fourth-order valence-electron chi connectivity index (χ4n) is 2.38. The normalized spacial score (nSPS) is 14.7. The molecular weight excluding hydrogens is 308 g/mol. The first kappa shape index (κ1) is 20.2. The first-order valence-electron chi connectivity index (χ1n) is 8.58. The Kier molecular flexibility index (Phi) is 8.13. The second-order valence-electron chi connectivity index (χ2n) is 5.53. The molecule has 0 radical (unpaired) electrons. The molecule has 25 heavy (non-hydrogen) atoms. The van der Waals surface area contributed by atoms with E-state index in [-0.39, 0.29) is 0 Å². The summed E-state index contributed by atoms with van der Waals surface area (Å²) in [5.41, 5.74) is 22.9. The van der Waals surface area contributed by atoms with Crippen LogP contribution in [-0.4, -0.2) is 0 Å². The molecule has 0 unspecified atom stereocenters. The van der Waals surface area contributed by atoms with Crippen molar-refractivity contribution in [3.05, 3.63) is 84.0 Å². The lowest BCUT2D eigenvalue weighted by Crippen LogP contribution is -2.22. The van der Waals surface area contributed by atoms with Gasteiger partial charge in [-0.3, -0.25) is 0 Å². The van der Waals surface area contributed by atoms with Crippen molar-refractivity contribution in [2.75, 3.05) is 10.6 Å². The quantitative estimate of drug-likeness (QED) is 0.543. The molecule has 0 amide bonds. The van der Waals surface area contributed by atoms with Crippen molar-refractivity contribution in [1.82, 2.24) is 0 Å². The lowest BCUT2D eigenvalue weighted by Gasteiger charge is -2.30. The Bertz CT molecular complexity index is 687. The Morgan fingerprint density at radius 1 is 1.04 bits per heavy atom. The maximum atomic E-state index is 5.88. The Morgan fingerprint density at radius 2 is 1.68 bits per heavy atom. The number of anilines is 2. The van der Waals surface area contributed by atoms with E-state index in [1.165, 1.54) is 0 Å². The monoisotopic (exact) mass is 338 g/mol. The predicted molar refractivity (Wildman–Crippen MR) is 110 cm³/mol. The lowest BCUT2D eigenvalue weighted by molar-refractivity contribution is 0.854. The van der Waals surface area contributed by atoms with Crippen molar-refractivity contribution in [3.8, 4) is 0 Å². The average molecular weight is 338 g/mol.